The minimum Gasteiger partial charge on any atom is -0.507 e. The lowest BCUT2D eigenvalue weighted by Gasteiger charge is -2.34. The third-order valence-electron chi connectivity index (χ3n) is 5.92. The zero-order valence-corrected chi connectivity index (χ0v) is 23.5. The number of para-hydroxylation sites is 1. The van der Waals surface area contributed by atoms with Gasteiger partial charge in [0.1, 0.15) is 23.4 Å². The standard InChI is InChI=1S/C30H35N3O5S/c1-6-16-33(28(36)24(18-39)32-29(37)38-30(3,4)5)25(23-13-9-10-19(2)26(23)34)27(35)31-22-15-14-20-11-7-8-12-21(20)17-22/h6-15,17,24-25,34,39H,1,16,18H2,2-5H3,(H,31,35)(H,32,37). The molecule has 0 aliphatic rings. The van der Waals surface area contributed by atoms with Crippen LogP contribution >= 0.6 is 12.6 Å². The average molecular weight is 550 g/mol. The van der Waals surface area contributed by atoms with Crippen LogP contribution in [0.2, 0.25) is 0 Å². The van der Waals surface area contributed by atoms with Crippen molar-refractivity contribution >= 4 is 47.0 Å². The number of phenols is 1. The van der Waals surface area contributed by atoms with E-state index in [1.165, 1.54) is 11.0 Å². The third-order valence-corrected chi connectivity index (χ3v) is 6.29. The second-order valence-electron chi connectivity index (χ2n) is 10.1. The maximum absolute atomic E-state index is 13.9. The second-order valence-corrected chi connectivity index (χ2v) is 10.5. The van der Waals surface area contributed by atoms with E-state index in [0.29, 0.717) is 11.3 Å². The highest BCUT2D eigenvalue weighted by molar-refractivity contribution is 7.80. The number of hydrogen-bond acceptors (Lipinski definition) is 6. The van der Waals surface area contributed by atoms with Gasteiger partial charge in [0.05, 0.1) is 0 Å². The van der Waals surface area contributed by atoms with Gasteiger partial charge in [0, 0.05) is 23.5 Å². The van der Waals surface area contributed by atoms with Crippen LogP contribution in [0.15, 0.2) is 73.3 Å². The molecule has 0 radical (unpaired) electrons. The predicted octanol–water partition coefficient (Wildman–Crippen LogP) is 5.37. The minimum absolute atomic E-state index is 0.0394. The molecule has 0 aromatic heterocycles. The number of carbonyl (C=O) groups excluding carboxylic acids is 3. The molecule has 3 rings (SSSR count). The Labute approximate surface area is 234 Å². The van der Waals surface area contributed by atoms with Gasteiger partial charge in [-0.3, -0.25) is 9.59 Å². The molecule has 0 spiro atoms. The predicted molar refractivity (Wildman–Crippen MR) is 157 cm³/mol. The number of nitrogens with zero attached hydrogens (tertiary/aromatic N) is 1. The van der Waals surface area contributed by atoms with E-state index in [1.54, 1.807) is 52.0 Å². The summed E-state index contributed by atoms with van der Waals surface area (Å²) in [5.41, 5.74) is 0.530. The monoisotopic (exact) mass is 549 g/mol. The summed E-state index contributed by atoms with van der Waals surface area (Å²) in [6, 6.07) is 15.9. The fraction of sp³-hybridized carbons (Fsp3) is 0.300. The van der Waals surface area contributed by atoms with Crippen LogP contribution in [0.3, 0.4) is 0 Å². The van der Waals surface area contributed by atoms with E-state index in [4.69, 9.17) is 4.74 Å². The smallest absolute Gasteiger partial charge is 0.408 e. The van der Waals surface area contributed by atoms with E-state index in [0.717, 1.165) is 10.8 Å². The largest absolute Gasteiger partial charge is 0.507 e. The lowest BCUT2D eigenvalue weighted by Crippen LogP contribution is -2.53. The minimum atomic E-state index is -1.25. The Morgan fingerprint density at radius 2 is 1.77 bits per heavy atom. The van der Waals surface area contributed by atoms with Gasteiger partial charge in [-0.15, -0.1) is 6.58 Å². The molecule has 8 nitrogen and oxygen atoms in total. The molecule has 2 atom stereocenters. The van der Waals surface area contributed by atoms with E-state index in [1.807, 2.05) is 36.4 Å². The van der Waals surface area contributed by atoms with Gasteiger partial charge in [0.25, 0.3) is 5.91 Å². The molecule has 0 fully saturated rings. The number of phenolic OH excluding ortho intramolecular Hbond substituents is 1. The topological polar surface area (TPSA) is 108 Å². The number of thiol groups is 1. The molecule has 3 amide bonds. The van der Waals surface area contributed by atoms with Crippen molar-refractivity contribution in [2.75, 3.05) is 17.6 Å². The molecule has 0 heterocycles. The Bertz CT molecular complexity index is 1370. The van der Waals surface area contributed by atoms with E-state index < -0.39 is 35.6 Å². The van der Waals surface area contributed by atoms with Crippen molar-refractivity contribution in [3.8, 4) is 5.75 Å². The Hall–Kier alpha value is -3.98. The van der Waals surface area contributed by atoms with Crippen LogP contribution in [0, 0.1) is 6.92 Å². The summed E-state index contributed by atoms with van der Waals surface area (Å²) in [6.45, 7) is 10.5. The number of aryl methyl sites for hydroxylation is 1. The Morgan fingerprint density at radius 1 is 1.08 bits per heavy atom. The SMILES string of the molecule is C=CCN(C(=O)C(CS)NC(=O)OC(C)(C)C)C(C(=O)Nc1ccc2ccccc2c1)c1cccc(C)c1O. The van der Waals surface area contributed by atoms with Crippen molar-refractivity contribution in [3.05, 3.63) is 84.4 Å². The normalized spacial score (nSPS) is 12.7. The molecule has 9 heteroatoms. The van der Waals surface area contributed by atoms with Crippen LogP contribution in [-0.2, 0) is 14.3 Å². The van der Waals surface area contributed by atoms with E-state index >= 15 is 0 Å². The molecule has 206 valence electrons. The molecular weight excluding hydrogens is 514 g/mol. The summed E-state index contributed by atoms with van der Waals surface area (Å²) in [5.74, 6) is -1.29. The summed E-state index contributed by atoms with van der Waals surface area (Å²) in [6.07, 6.45) is 0.688. The number of nitrogens with one attached hydrogen (secondary N) is 2. The van der Waals surface area contributed by atoms with Gasteiger partial charge in [-0.2, -0.15) is 12.6 Å². The van der Waals surface area contributed by atoms with Gasteiger partial charge in [-0.05, 0) is 56.2 Å². The maximum Gasteiger partial charge on any atom is 0.408 e. The summed E-state index contributed by atoms with van der Waals surface area (Å²) in [7, 11) is 0. The molecule has 0 saturated carbocycles. The van der Waals surface area contributed by atoms with Crippen LogP contribution in [0.4, 0.5) is 10.5 Å². The number of anilines is 1. The third kappa shape index (κ3) is 7.54. The maximum atomic E-state index is 13.9. The first-order valence-electron chi connectivity index (χ1n) is 12.5. The molecule has 3 N–H and O–H groups in total. The van der Waals surface area contributed by atoms with Crippen molar-refractivity contribution in [2.45, 2.75) is 45.4 Å². The number of hydrogen-bond donors (Lipinski definition) is 4. The first kappa shape index (κ1) is 29.6. The zero-order chi connectivity index (χ0) is 28.7. The molecule has 3 aromatic carbocycles. The molecule has 0 aliphatic heterocycles. The lowest BCUT2D eigenvalue weighted by atomic mass is 9.99. The van der Waals surface area contributed by atoms with Gasteiger partial charge in [-0.25, -0.2) is 4.79 Å². The summed E-state index contributed by atoms with van der Waals surface area (Å²) in [5, 5.41) is 18.3. The Morgan fingerprint density at radius 3 is 2.41 bits per heavy atom. The number of amides is 3. The van der Waals surface area contributed by atoms with Crippen molar-refractivity contribution in [1.29, 1.82) is 0 Å². The number of ether oxygens (including phenoxy) is 1. The van der Waals surface area contributed by atoms with Gasteiger partial charge in [-0.1, -0.05) is 54.6 Å². The first-order chi connectivity index (χ1) is 18.4. The number of alkyl carbamates (subject to hydrolysis) is 1. The number of rotatable bonds is 9. The van der Waals surface area contributed by atoms with Crippen LogP contribution in [0.1, 0.15) is 37.9 Å². The average Bonchev–Trinajstić information content (AvgIpc) is 2.87. The molecule has 0 bridgehead atoms. The fourth-order valence-electron chi connectivity index (χ4n) is 4.13. The lowest BCUT2D eigenvalue weighted by molar-refractivity contribution is -0.139. The second kappa shape index (κ2) is 12.7. The Kier molecular flexibility index (Phi) is 9.64. The van der Waals surface area contributed by atoms with Gasteiger partial charge in [0.2, 0.25) is 5.91 Å². The summed E-state index contributed by atoms with van der Waals surface area (Å²) >= 11 is 4.27. The number of carbonyl (C=O) groups is 3. The van der Waals surface area contributed by atoms with E-state index in [9.17, 15) is 19.5 Å². The van der Waals surface area contributed by atoms with Crippen LogP contribution < -0.4 is 10.6 Å². The van der Waals surface area contributed by atoms with Crippen molar-refractivity contribution in [3.63, 3.8) is 0 Å². The van der Waals surface area contributed by atoms with Crippen LogP contribution in [-0.4, -0.2) is 51.9 Å². The molecule has 0 aliphatic carbocycles. The van der Waals surface area contributed by atoms with Crippen molar-refractivity contribution in [1.82, 2.24) is 10.2 Å². The first-order valence-corrected chi connectivity index (χ1v) is 13.2. The van der Waals surface area contributed by atoms with Crippen molar-refractivity contribution in [2.24, 2.45) is 0 Å². The molecule has 39 heavy (non-hydrogen) atoms. The van der Waals surface area contributed by atoms with Gasteiger partial charge in [0.15, 0.2) is 0 Å². The summed E-state index contributed by atoms with van der Waals surface area (Å²) < 4.78 is 5.31. The Balaban J connectivity index is 2.01. The number of fused-ring (bicyclic) bond motifs is 1. The van der Waals surface area contributed by atoms with Gasteiger partial charge >= 0.3 is 6.09 Å². The summed E-state index contributed by atoms with van der Waals surface area (Å²) in [4.78, 5) is 41.4. The van der Waals surface area contributed by atoms with Crippen LogP contribution in [0.25, 0.3) is 10.8 Å². The molecule has 3 aromatic rings. The van der Waals surface area contributed by atoms with Crippen molar-refractivity contribution < 1.29 is 24.2 Å². The number of aromatic hydroxyl groups is 1. The highest BCUT2D eigenvalue weighted by Gasteiger charge is 2.37. The van der Waals surface area contributed by atoms with E-state index in [2.05, 4.69) is 29.8 Å². The highest BCUT2D eigenvalue weighted by Crippen LogP contribution is 2.33. The van der Waals surface area contributed by atoms with Crippen LogP contribution in [0.5, 0.6) is 5.75 Å². The highest BCUT2D eigenvalue weighted by atomic mass is 32.1. The molecular formula is C30H35N3O5S. The zero-order valence-electron chi connectivity index (χ0n) is 22.6. The van der Waals surface area contributed by atoms with E-state index in [-0.39, 0.29) is 23.6 Å². The number of benzene rings is 3. The quantitative estimate of drug-likeness (QED) is 0.212. The van der Waals surface area contributed by atoms with Gasteiger partial charge < -0.3 is 25.4 Å². The molecule has 0 saturated heterocycles. The molecule has 2 unspecified atom stereocenters. The fourth-order valence-corrected chi connectivity index (χ4v) is 4.38.